The highest BCUT2D eigenvalue weighted by molar-refractivity contribution is 5.92. The Morgan fingerprint density at radius 3 is 2.92 bits per heavy atom. The summed E-state index contributed by atoms with van der Waals surface area (Å²) in [6.45, 7) is 6.03. The normalized spacial score (nSPS) is 16.5. The van der Waals surface area contributed by atoms with Crippen molar-refractivity contribution in [2.24, 2.45) is 0 Å². The van der Waals surface area contributed by atoms with Crippen LogP contribution in [0.15, 0.2) is 35.8 Å². The summed E-state index contributed by atoms with van der Waals surface area (Å²) >= 11 is 0. The number of carbonyl (C=O) groups excluding carboxylic acids is 1. The second kappa shape index (κ2) is 6.82. The fourth-order valence-electron chi connectivity index (χ4n) is 2.92. The van der Waals surface area contributed by atoms with Crippen molar-refractivity contribution in [2.45, 2.75) is 39.7 Å². The average molecular weight is 327 g/mol. The van der Waals surface area contributed by atoms with E-state index in [1.807, 2.05) is 19.1 Å². The number of fused-ring (bicyclic) bond motifs is 1. The average Bonchev–Trinajstić information content (AvgIpc) is 2.94. The zero-order valence-corrected chi connectivity index (χ0v) is 14.1. The zero-order valence-electron chi connectivity index (χ0n) is 14.1. The molecular weight excluding hydrogens is 306 g/mol. The molecule has 0 bridgehead atoms. The third kappa shape index (κ3) is 2.89. The third-order valence-corrected chi connectivity index (χ3v) is 3.84. The molecule has 0 unspecified atom stereocenters. The van der Waals surface area contributed by atoms with Gasteiger partial charge < -0.3 is 10.1 Å². The van der Waals surface area contributed by atoms with E-state index in [0.717, 1.165) is 24.1 Å². The smallest absolute Gasteiger partial charge is 0.338 e. The number of allylic oxidation sites excluding steroid dienone is 1. The second-order valence-electron chi connectivity index (χ2n) is 5.60. The lowest BCUT2D eigenvalue weighted by atomic mass is 9.95. The first-order valence-electron chi connectivity index (χ1n) is 8.16. The molecule has 3 rings (SSSR count). The number of hydrogen-bond donors (Lipinski definition) is 1. The van der Waals surface area contributed by atoms with Crippen LogP contribution in [0.1, 0.15) is 44.1 Å². The largest absolute Gasteiger partial charge is 0.463 e. The van der Waals surface area contributed by atoms with E-state index in [9.17, 15) is 4.79 Å². The van der Waals surface area contributed by atoms with E-state index >= 15 is 0 Å². The van der Waals surface area contributed by atoms with Gasteiger partial charge in [0.2, 0.25) is 5.95 Å². The first-order chi connectivity index (χ1) is 11.7. The summed E-state index contributed by atoms with van der Waals surface area (Å²) in [6, 6.07) is 3.40. The number of ether oxygens (including phenoxy) is 1. The summed E-state index contributed by atoms with van der Waals surface area (Å²) in [5.74, 6) is 0.950. The summed E-state index contributed by atoms with van der Waals surface area (Å²) in [5.41, 5.74) is 2.29. The minimum Gasteiger partial charge on any atom is -0.463 e. The minimum absolute atomic E-state index is 0.324. The number of anilines is 1. The number of pyridine rings is 1. The van der Waals surface area contributed by atoms with Crippen LogP contribution in [0, 0.1) is 6.92 Å². The van der Waals surface area contributed by atoms with Crippen LogP contribution in [0.5, 0.6) is 0 Å². The number of carbonyl (C=O) groups is 1. The molecule has 0 saturated carbocycles. The molecule has 0 aliphatic carbocycles. The van der Waals surface area contributed by atoms with Crippen LogP contribution in [0.4, 0.5) is 5.95 Å². The van der Waals surface area contributed by atoms with Crippen molar-refractivity contribution < 1.29 is 9.53 Å². The van der Waals surface area contributed by atoms with Gasteiger partial charge in [-0.3, -0.25) is 4.98 Å². The molecule has 2 aromatic rings. The molecule has 0 spiro atoms. The molecule has 1 N–H and O–H groups in total. The summed E-state index contributed by atoms with van der Waals surface area (Å²) in [5, 5.41) is 7.73. The standard InChI is InChI=1S/C17H21N5O2/c1-4-7-13-14(16(23)24-5-2)15(12-8-6-9-18-10-12)22-17(20-13)19-11(3)21-22/h6,8-10,15H,4-5,7H2,1-3H3,(H,19,20,21)/t15-/m0/s1. The van der Waals surface area contributed by atoms with Gasteiger partial charge in [0, 0.05) is 18.1 Å². The van der Waals surface area contributed by atoms with Crippen LogP contribution in [-0.4, -0.2) is 32.3 Å². The van der Waals surface area contributed by atoms with Gasteiger partial charge >= 0.3 is 5.97 Å². The van der Waals surface area contributed by atoms with E-state index < -0.39 is 6.04 Å². The molecule has 0 amide bonds. The van der Waals surface area contributed by atoms with Gasteiger partial charge in [0.05, 0.1) is 12.2 Å². The molecular formula is C17H21N5O2. The van der Waals surface area contributed by atoms with Gasteiger partial charge in [-0.1, -0.05) is 19.4 Å². The maximum absolute atomic E-state index is 12.7. The molecule has 1 aliphatic rings. The fraction of sp³-hybridized carbons (Fsp3) is 0.412. The van der Waals surface area contributed by atoms with Crippen molar-refractivity contribution in [3.8, 4) is 0 Å². The number of esters is 1. The SMILES string of the molecule is CCCC1=C(C(=O)OCC)[C@H](c2cccnc2)n2nc(C)nc2N1. The van der Waals surface area contributed by atoms with Crippen molar-refractivity contribution in [1.82, 2.24) is 19.7 Å². The van der Waals surface area contributed by atoms with E-state index in [1.165, 1.54) is 0 Å². The zero-order chi connectivity index (χ0) is 17.1. The molecule has 3 heterocycles. The summed E-state index contributed by atoms with van der Waals surface area (Å²) < 4.78 is 7.05. The topological polar surface area (TPSA) is 81.9 Å². The summed E-state index contributed by atoms with van der Waals surface area (Å²) in [7, 11) is 0. The monoisotopic (exact) mass is 327 g/mol. The lowest BCUT2D eigenvalue weighted by Gasteiger charge is -2.29. The minimum atomic E-state index is -0.392. The van der Waals surface area contributed by atoms with Crippen molar-refractivity contribution in [2.75, 3.05) is 11.9 Å². The predicted molar refractivity (Wildman–Crippen MR) is 89.3 cm³/mol. The predicted octanol–water partition coefficient (Wildman–Crippen LogP) is 2.61. The van der Waals surface area contributed by atoms with Crippen molar-refractivity contribution >= 4 is 11.9 Å². The highest BCUT2D eigenvalue weighted by Gasteiger charge is 2.35. The Kier molecular flexibility index (Phi) is 4.59. The van der Waals surface area contributed by atoms with E-state index in [1.54, 1.807) is 24.0 Å². The molecule has 2 aromatic heterocycles. The van der Waals surface area contributed by atoms with Gasteiger partial charge in [0.15, 0.2) is 0 Å². The van der Waals surface area contributed by atoms with Gasteiger partial charge in [-0.05, 0) is 31.9 Å². The number of hydrogen-bond acceptors (Lipinski definition) is 6. The molecule has 0 saturated heterocycles. The lowest BCUT2D eigenvalue weighted by molar-refractivity contribution is -0.139. The molecule has 1 aliphatic heterocycles. The molecule has 7 heteroatoms. The van der Waals surface area contributed by atoms with E-state index in [0.29, 0.717) is 24.0 Å². The van der Waals surface area contributed by atoms with Crippen LogP contribution in [-0.2, 0) is 9.53 Å². The summed E-state index contributed by atoms with van der Waals surface area (Å²) in [6.07, 6.45) is 5.09. The maximum atomic E-state index is 12.7. The highest BCUT2D eigenvalue weighted by atomic mass is 16.5. The second-order valence-corrected chi connectivity index (χ2v) is 5.60. The van der Waals surface area contributed by atoms with Crippen molar-refractivity contribution in [3.63, 3.8) is 0 Å². The quantitative estimate of drug-likeness (QED) is 0.850. The summed E-state index contributed by atoms with van der Waals surface area (Å²) in [4.78, 5) is 21.3. The first kappa shape index (κ1) is 16.2. The molecule has 24 heavy (non-hydrogen) atoms. The Morgan fingerprint density at radius 1 is 1.42 bits per heavy atom. The molecule has 0 radical (unpaired) electrons. The Hall–Kier alpha value is -2.70. The number of nitrogens with zero attached hydrogens (tertiary/aromatic N) is 4. The van der Waals surface area contributed by atoms with Gasteiger partial charge in [-0.25, -0.2) is 9.48 Å². The van der Waals surface area contributed by atoms with Gasteiger partial charge in [0.25, 0.3) is 0 Å². The molecule has 0 fully saturated rings. The van der Waals surface area contributed by atoms with Gasteiger partial charge in [-0.2, -0.15) is 10.1 Å². The Labute approximate surface area is 140 Å². The lowest BCUT2D eigenvalue weighted by Crippen LogP contribution is -2.30. The number of aromatic nitrogens is 4. The Bertz CT molecular complexity index is 767. The van der Waals surface area contributed by atoms with Crippen LogP contribution < -0.4 is 5.32 Å². The Morgan fingerprint density at radius 2 is 2.25 bits per heavy atom. The number of nitrogens with one attached hydrogen (secondary N) is 1. The number of rotatable bonds is 5. The molecule has 1 atom stereocenters. The van der Waals surface area contributed by atoms with E-state index in [2.05, 4.69) is 27.3 Å². The first-order valence-corrected chi connectivity index (χ1v) is 8.16. The van der Waals surface area contributed by atoms with Crippen LogP contribution in [0.2, 0.25) is 0 Å². The van der Waals surface area contributed by atoms with Crippen LogP contribution in [0.3, 0.4) is 0 Å². The molecule has 7 nitrogen and oxygen atoms in total. The van der Waals surface area contributed by atoms with E-state index in [-0.39, 0.29) is 5.97 Å². The Balaban J connectivity index is 2.18. The number of aryl methyl sites for hydroxylation is 1. The van der Waals surface area contributed by atoms with Gasteiger partial charge in [0.1, 0.15) is 11.9 Å². The van der Waals surface area contributed by atoms with Crippen molar-refractivity contribution in [3.05, 3.63) is 47.2 Å². The highest BCUT2D eigenvalue weighted by Crippen LogP contribution is 2.36. The maximum Gasteiger partial charge on any atom is 0.338 e. The van der Waals surface area contributed by atoms with Crippen LogP contribution >= 0.6 is 0 Å². The van der Waals surface area contributed by atoms with Gasteiger partial charge in [-0.15, -0.1) is 0 Å². The molecule has 0 aromatic carbocycles. The van der Waals surface area contributed by atoms with Crippen molar-refractivity contribution in [1.29, 1.82) is 0 Å². The fourth-order valence-corrected chi connectivity index (χ4v) is 2.92. The molecule has 126 valence electrons. The third-order valence-electron chi connectivity index (χ3n) is 3.84. The van der Waals surface area contributed by atoms with Crippen LogP contribution in [0.25, 0.3) is 0 Å². The van der Waals surface area contributed by atoms with E-state index in [4.69, 9.17) is 4.74 Å².